The number of nitrogens with one attached hydrogen (secondary N) is 2. The maximum atomic E-state index is 5.37. The van der Waals surface area contributed by atoms with Crippen LogP contribution in [0.4, 0.5) is 5.82 Å². The number of morpholine rings is 1. The molecular formula is C14H22IN5O. The summed E-state index contributed by atoms with van der Waals surface area (Å²) in [6, 6.07) is 4.18. The number of aromatic nitrogens is 1. The van der Waals surface area contributed by atoms with Gasteiger partial charge in [0, 0.05) is 38.9 Å². The highest BCUT2D eigenvalue weighted by Crippen LogP contribution is 2.14. The number of hydrogen-bond donors (Lipinski definition) is 2. The molecular weight excluding hydrogens is 381 g/mol. The summed E-state index contributed by atoms with van der Waals surface area (Å²) in [7, 11) is 0. The molecule has 0 saturated carbocycles. The van der Waals surface area contributed by atoms with Gasteiger partial charge >= 0.3 is 0 Å². The van der Waals surface area contributed by atoms with Gasteiger partial charge in [-0.3, -0.25) is 4.99 Å². The number of aliphatic imine (C=N–C) groups is 1. The van der Waals surface area contributed by atoms with E-state index < -0.39 is 0 Å². The van der Waals surface area contributed by atoms with Crippen molar-refractivity contribution in [2.24, 2.45) is 4.99 Å². The van der Waals surface area contributed by atoms with E-state index in [1.165, 1.54) is 5.56 Å². The average Bonchev–Trinajstić information content (AvgIpc) is 2.55. The highest BCUT2D eigenvalue weighted by molar-refractivity contribution is 14.0. The third-order valence-corrected chi connectivity index (χ3v) is 3.50. The van der Waals surface area contributed by atoms with Crippen LogP contribution in [-0.2, 0) is 11.3 Å². The second kappa shape index (κ2) is 8.38. The van der Waals surface area contributed by atoms with Gasteiger partial charge in [-0.15, -0.1) is 24.0 Å². The van der Waals surface area contributed by atoms with Gasteiger partial charge in [0.1, 0.15) is 5.82 Å². The Hall–Kier alpha value is -1.09. The molecule has 2 aliphatic rings. The Morgan fingerprint density at radius 3 is 2.95 bits per heavy atom. The van der Waals surface area contributed by atoms with Crippen molar-refractivity contribution in [3.63, 3.8) is 0 Å². The van der Waals surface area contributed by atoms with Gasteiger partial charge in [-0.1, -0.05) is 0 Å². The van der Waals surface area contributed by atoms with Crippen LogP contribution in [0.5, 0.6) is 0 Å². The molecule has 2 aliphatic heterocycles. The molecule has 0 aromatic carbocycles. The third kappa shape index (κ3) is 4.70. The number of pyridine rings is 1. The summed E-state index contributed by atoms with van der Waals surface area (Å²) in [6.45, 7) is 6.07. The Balaban J connectivity index is 0.00000161. The van der Waals surface area contributed by atoms with Crippen molar-refractivity contribution < 1.29 is 4.74 Å². The van der Waals surface area contributed by atoms with Gasteiger partial charge in [0.05, 0.1) is 13.2 Å². The van der Waals surface area contributed by atoms with E-state index >= 15 is 0 Å². The lowest BCUT2D eigenvalue weighted by atomic mass is 10.2. The molecule has 1 aromatic rings. The van der Waals surface area contributed by atoms with Gasteiger partial charge in [0.15, 0.2) is 5.96 Å². The number of ether oxygens (including phenoxy) is 1. The predicted molar refractivity (Wildman–Crippen MR) is 94.4 cm³/mol. The van der Waals surface area contributed by atoms with E-state index in [2.05, 4.69) is 31.6 Å². The minimum absolute atomic E-state index is 0. The first-order chi connectivity index (χ1) is 9.92. The molecule has 1 saturated heterocycles. The summed E-state index contributed by atoms with van der Waals surface area (Å²) >= 11 is 0. The SMILES string of the molecule is I.c1cc(CNC2=NCCCN2)cc(N2CCOCC2)n1. The highest BCUT2D eigenvalue weighted by atomic mass is 127. The number of rotatable bonds is 3. The molecule has 0 amide bonds. The Morgan fingerprint density at radius 2 is 2.19 bits per heavy atom. The molecule has 0 aliphatic carbocycles. The zero-order chi connectivity index (χ0) is 13.6. The van der Waals surface area contributed by atoms with Crippen LogP contribution in [0, 0.1) is 0 Å². The molecule has 7 heteroatoms. The Morgan fingerprint density at radius 1 is 1.33 bits per heavy atom. The monoisotopic (exact) mass is 403 g/mol. The van der Waals surface area contributed by atoms with Gasteiger partial charge in [-0.25, -0.2) is 4.98 Å². The van der Waals surface area contributed by atoms with Gasteiger partial charge in [0.2, 0.25) is 0 Å². The lowest BCUT2D eigenvalue weighted by Gasteiger charge is -2.28. The van der Waals surface area contributed by atoms with Crippen LogP contribution < -0.4 is 15.5 Å². The summed E-state index contributed by atoms with van der Waals surface area (Å²) in [4.78, 5) is 11.1. The topological polar surface area (TPSA) is 61.8 Å². The Kier molecular flexibility index (Phi) is 6.50. The molecule has 6 nitrogen and oxygen atoms in total. The smallest absolute Gasteiger partial charge is 0.191 e. The number of guanidine groups is 1. The molecule has 1 fully saturated rings. The molecule has 21 heavy (non-hydrogen) atoms. The van der Waals surface area contributed by atoms with E-state index in [9.17, 15) is 0 Å². The summed E-state index contributed by atoms with van der Waals surface area (Å²) in [5.41, 5.74) is 1.22. The van der Waals surface area contributed by atoms with E-state index in [4.69, 9.17) is 4.74 Å². The molecule has 116 valence electrons. The van der Waals surface area contributed by atoms with Crippen LogP contribution in [0.2, 0.25) is 0 Å². The van der Waals surface area contributed by atoms with Crippen LogP contribution >= 0.6 is 24.0 Å². The summed E-state index contributed by atoms with van der Waals surface area (Å²) in [5, 5.41) is 6.60. The summed E-state index contributed by atoms with van der Waals surface area (Å²) < 4.78 is 5.37. The first kappa shape index (κ1) is 16.3. The fraction of sp³-hybridized carbons (Fsp3) is 0.571. The number of halogens is 1. The first-order valence-corrected chi connectivity index (χ1v) is 7.22. The van der Waals surface area contributed by atoms with E-state index in [1.807, 2.05) is 12.3 Å². The quantitative estimate of drug-likeness (QED) is 0.737. The highest BCUT2D eigenvalue weighted by Gasteiger charge is 2.12. The molecule has 0 spiro atoms. The third-order valence-electron chi connectivity index (χ3n) is 3.50. The Labute approximate surface area is 142 Å². The first-order valence-electron chi connectivity index (χ1n) is 7.22. The minimum atomic E-state index is 0. The zero-order valence-corrected chi connectivity index (χ0v) is 14.4. The molecule has 0 bridgehead atoms. The van der Waals surface area contributed by atoms with E-state index in [-0.39, 0.29) is 24.0 Å². The normalized spacial score (nSPS) is 18.3. The van der Waals surface area contributed by atoms with Crippen molar-refractivity contribution in [2.45, 2.75) is 13.0 Å². The fourth-order valence-corrected chi connectivity index (χ4v) is 2.37. The largest absolute Gasteiger partial charge is 0.378 e. The maximum absolute atomic E-state index is 5.37. The van der Waals surface area contributed by atoms with Crippen molar-refractivity contribution in [1.82, 2.24) is 15.6 Å². The average molecular weight is 403 g/mol. The second-order valence-electron chi connectivity index (χ2n) is 4.99. The molecule has 1 aromatic heterocycles. The van der Waals surface area contributed by atoms with E-state index in [0.29, 0.717) is 0 Å². The van der Waals surface area contributed by atoms with Crippen LogP contribution in [-0.4, -0.2) is 50.3 Å². The van der Waals surface area contributed by atoms with Crippen LogP contribution in [0.3, 0.4) is 0 Å². The van der Waals surface area contributed by atoms with Crippen molar-refractivity contribution in [3.05, 3.63) is 23.9 Å². The van der Waals surface area contributed by atoms with Crippen molar-refractivity contribution in [3.8, 4) is 0 Å². The molecule has 2 N–H and O–H groups in total. The van der Waals surface area contributed by atoms with Crippen LogP contribution in [0.25, 0.3) is 0 Å². The molecule has 0 unspecified atom stereocenters. The van der Waals surface area contributed by atoms with Crippen molar-refractivity contribution in [1.29, 1.82) is 0 Å². The number of hydrogen-bond acceptors (Lipinski definition) is 6. The minimum Gasteiger partial charge on any atom is -0.378 e. The summed E-state index contributed by atoms with van der Waals surface area (Å²) in [6.07, 6.45) is 2.99. The molecule has 0 radical (unpaired) electrons. The van der Waals surface area contributed by atoms with Gasteiger partial charge < -0.3 is 20.3 Å². The number of anilines is 1. The lowest BCUT2D eigenvalue weighted by molar-refractivity contribution is 0.122. The number of nitrogens with zero attached hydrogens (tertiary/aromatic N) is 3. The fourth-order valence-electron chi connectivity index (χ4n) is 2.37. The molecule has 3 heterocycles. The van der Waals surface area contributed by atoms with Crippen LogP contribution in [0.1, 0.15) is 12.0 Å². The van der Waals surface area contributed by atoms with Gasteiger partial charge in [-0.05, 0) is 24.1 Å². The zero-order valence-electron chi connectivity index (χ0n) is 12.0. The van der Waals surface area contributed by atoms with E-state index in [1.54, 1.807) is 0 Å². The van der Waals surface area contributed by atoms with E-state index in [0.717, 1.165) is 64.1 Å². The standard InChI is InChI=1S/C14H21N5O.HI/c1-3-16-14(17-4-1)18-11-12-2-5-15-13(10-12)19-6-8-20-9-7-19;/h2,5,10H,1,3-4,6-9,11H2,(H2,16,17,18);1H. The lowest BCUT2D eigenvalue weighted by Crippen LogP contribution is -2.40. The van der Waals surface area contributed by atoms with Crippen molar-refractivity contribution in [2.75, 3.05) is 44.3 Å². The molecule has 3 rings (SSSR count). The van der Waals surface area contributed by atoms with Gasteiger partial charge in [-0.2, -0.15) is 0 Å². The summed E-state index contributed by atoms with van der Waals surface area (Å²) in [5.74, 6) is 1.94. The predicted octanol–water partition coefficient (Wildman–Crippen LogP) is 0.975. The second-order valence-corrected chi connectivity index (χ2v) is 4.99. The van der Waals surface area contributed by atoms with Crippen molar-refractivity contribution >= 4 is 35.8 Å². The van der Waals surface area contributed by atoms with Crippen LogP contribution in [0.15, 0.2) is 23.3 Å². The Bertz CT molecular complexity index is 476. The van der Waals surface area contributed by atoms with Gasteiger partial charge in [0.25, 0.3) is 0 Å². The molecule has 0 atom stereocenters. The maximum Gasteiger partial charge on any atom is 0.191 e.